The number of thioether (sulfide) groups is 1. The highest BCUT2D eigenvalue weighted by molar-refractivity contribution is 8.16. The van der Waals surface area contributed by atoms with Gasteiger partial charge in [-0.3, -0.25) is 20.6 Å². The predicted molar refractivity (Wildman–Crippen MR) is 89.8 cm³/mol. The van der Waals surface area contributed by atoms with Crippen molar-refractivity contribution in [2.45, 2.75) is 33.2 Å². The van der Waals surface area contributed by atoms with Crippen molar-refractivity contribution in [1.82, 2.24) is 10.9 Å². The maximum absolute atomic E-state index is 11.0. The fraction of sp³-hybridized carbons (Fsp3) is 0.333. The van der Waals surface area contributed by atoms with Crippen LogP contribution in [0.3, 0.4) is 0 Å². The molecule has 1 aromatic rings. The molecule has 0 unspecified atom stereocenters. The Morgan fingerprint density at radius 1 is 1.19 bits per heavy atom. The first-order chi connectivity index (χ1) is 9.83. The molecule has 0 bridgehead atoms. The van der Waals surface area contributed by atoms with Crippen molar-refractivity contribution in [3.63, 3.8) is 0 Å². The first kappa shape index (κ1) is 15.4. The van der Waals surface area contributed by atoms with Crippen molar-refractivity contribution >= 4 is 34.2 Å². The molecule has 0 radical (unpaired) electrons. The van der Waals surface area contributed by atoms with Crippen molar-refractivity contribution in [1.29, 1.82) is 0 Å². The zero-order valence-electron chi connectivity index (χ0n) is 12.7. The predicted octanol–water partition coefficient (Wildman–Crippen LogP) is 2.94. The number of carbonyl (C=O) groups is 1. The van der Waals surface area contributed by atoms with Gasteiger partial charge >= 0.3 is 0 Å². The molecule has 0 spiro atoms. The van der Waals surface area contributed by atoms with E-state index < -0.39 is 0 Å². The minimum atomic E-state index is -0.109. The lowest BCUT2D eigenvalue weighted by Gasteiger charge is -2.22. The number of amidine groups is 1. The molecule has 0 saturated carbocycles. The summed E-state index contributed by atoms with van der Waals surface area (Å²) >= 11 is 1.55. The quantitative estimate of drug-likeness (QED) is 0.786. The number of rotatable bonds is 2. The molecule has 0 aliphatic carbocycles. The van der Waals surface area contributed by atoms with E-state index in [2.05, 4.69) is 41.9 Å². The molecule has 0 atom stereocenters. The Bertz CT molecular complexity index is 585. The largest absolute Gasteiger partial charge is 0.326 e. The summed E-state index contributed by atoms with van der Waals surface area (Å²) in [5.41, 5.74) is 8.93. The monoisotopic (exact) mass is 304 g/mol. The van der Waals surface area contributed by atoms with Crippen LogP contribution in [-0.4, -0.2) is 16.6 Å². The summed E-state index contributed by atoms with van der Waals surface area (Å²) in [6.45, 7) is 7.67. The fourth-order valence-electron chi connectivity index (χ4n) is 1.73. The zero-order valence-corrected chi connectivity index (χ0v) is 13.5. The van der Waals surface area contributed by atoms with E-state index in [1.165, 1.54) is 6.92 Å². The number of benzene rings is 1. The van der Waals surface area contributed by atoms with E-state index in [-0.39, 0.29) is 11.4 Å². The smallest absolute Gasteiger partial charge is 0.221 e. The van der Waals surface area contributed by atoms with Crippen LogP contribution in [0.25, 0.3) is 5.70 Å². The Morgan fingerprint density at radius 3 is 2.33 bits per heavy atom. The van der Waals surface area contributed by atoms with Gasteiger partial charge in [-0.1, -0.05) is 23.9 Å². The normalized spacial score (nSPS) is 16.8. The number of carbonyl (C=O) groups excluding carboxylic acids is 1. The Morgan fingerprint density at radius 2 is 1.86 bits per heavy atom. The van der Waals surface area contributed by atoms with Crippen LogP contribution in [0.4, 0.5) is 5.69 Å². The van der Waals surface area contributed by atoms with Gasteiger partial charge in [-0.05, 0) is 32.9 Å². The van der Waals surface area contributed by atoms with E-state index >= 15 is 0 Å². The molecule has 6 heteroatoms. The minimum absolute atomic E-state index is 0.0713. The van der Waals surface area contributed by atoms with E-state index in [1.807, 2.05) is 29.7 Å². The van der Waals surface area contributed by atoms with Crippen LogP contribution in [-0.2, 0) is 4.79 Å². The third-order valence-corrected chi connectivity index (χ3v) is 3.32. The number of amides is 1. The van der Waals surface area contributed by atoms with Crippen LogP contribution in [0, 0.1) is 0 Å². The molecule has 1 aliphatic heterocycles. The van der Waals surface area contributed by atoms with Gasteiger partial charge in [0.15, 0.2) is 5.17 Å². The second-order valence-electron chi connectivity index (χ2n) is 5.75. The molecule has 0 saturated heterocycles. The highest BCUT2D eigenvalue weighted by Gasteiger charge is 2.14. The first-order valence-corrected chi connectivity index (χ1v) is 7.58. The maximum Gasteiger partial charge on any atom is 0.221 e. The van der Waals surface area contributed by atoms with Crippen molar-refractivity contribution < 1.29 is 4.79 Å². The summed E-state index contributed by atoms with van der Waals surface area (Å²) in [6.07, 6.45) is 0. The highest BCUT2D eigenvalue weighted by atomic mass is 32.2. The maximum atomic E-state index is 11.0. The molecule has 21 heavy (non-hydrogen) atoms. The molecular formula is C15H20N4OS. The summed E-state index contributed by atoms with van der Waals surface area (Å²) in [4.78, 5) is 15.5. The number of anilines is 1. The van der Waals surface area contributed by atoms with E-state index in [0.29, 0.717) is 0 Å². The van der Waals surface area contributed by atoms with Gasteiger partial charge in [-0.25, -0.2) is 0 Å². The van der Waals surface area contributed by atoms with Gasteiger partial charge in [0.1, 0.15) is 0 Å². The van der Waals surface area contributed by atoms with Gasteiger partial charge in [0.2, 0.25) is 5.91 Å². The Hall–Kier alpha value is -1.95. The van der Waals surface area contributed by atoms with Crippen molar-refractivity contribution in [2.75, 3.05) is 5.32 Å². The van der Waals surface area contributed by atoms with Gasteiger partial charge in [0.05, 0.1) is 11.2 Å². The lowest BCUT2D eigenvalue weighted by atomic mass is 10.1. The molecular weight excluding hydrogens is 284 g/mol. The Balaban J connectivity index is 2.07. The molecule has 0 fully saturated rings. The van der Waals surface area contributed by atoms with Crippen LogP contribution >= 0.6 is 11.8 Å². The Kier molecular flexibility index (Phi) is 4.57. The van der Waals surface area contributed by atoms with Crippen LogP contribution in [0.5, 0.6) is 0 Å². The van der Waals surface area contributed by atoms with E-state index in [1.54, 1.807) is 11.8 Å². The average Bonchev–Trinajstić information content (AvgIpc) is 2.38. The molecule has 0 aromatic heterocycles. The van der Waals surface area contributed by atoms with Crippen LogP contribution < -0.4 is 16.2 Å². The van der Waals surface area contributed by atoms with E-state index in [9.17, 15) is 4.79 Å². The molecule has 1 aromatic carbocycles. The van der Waals surface area contributed by atoms with E-state index in [0.717, 1.165) is 22.1 Å². The van der Waals surface area contributed by atoms with Gasteiger partial charge < -0.3 is 5.32 Å². The fourth-order valence-corrected chi connectivity index (χ4v) is 2.59. The van der Waals surface area contributed by atoms with Crippen molar-refractivity contribution in [3.8, 4) is 0 Å². The molecule has 1 aliphatic rings. The van der Waals surface area contributed by atoms with Gasteiger partial charge in [0.25, 0.3) is 0 Å². The SMILES string of the molecule is CC(=O)Nc1ccc(C2=CSC(=NC(C)(C)C)NN2)cc1. The second-order valence-corrected chi connectivity index (χ2v) is 6.60. The standard InChI is InChI=1S/C15H20N4OS/c1-10(20)16-12-7-5-11(6-8-12)13-9-21-14(19-18-13)17-15(2,3)4/h5-9,18H,1-4H3,(H,16,20)(H,17,19). The molecule has 1 heterocycles. The van der Waals surface area contributed by atoms with Gasteiger partial charge in [-0.15, -0.1) is 0 Å². The molecule has 2 rings (SSSR count). The number of aliphatic imine (C=N–C) groups is 1. The molecule has 3 N–H and O–H groups in total. The number of hydrogen-bond acceptors (Lipinski definition) is 4. The Labute approximate surface area is 129 Å². The molecule has 1 amide bonds. The van der Waals surface area contributed by atoms with Crippen molar-refractivity contribution in [2.24, 2.45) is 4.99 Å². The summed E-state index contributed by atoms with van der Waals surface area (Å²) in [7, 11) is 0. The lowest BCUT2D eigenvalue weighted by molar-refractivity contribution is -0.114. The van der Waals surface area contributed by atoms with Crippen LogP contribution in [0.1, 0.15) is 33.3 Å². The first-order valence-electron chi connectivity index (χ1n) is 6.70. The third kappa shape index (κ3) is 4.82. The zero-order chi connectivity index (χ0) is 15.5. The number of hydrazine groups is 1. The third-order valence-electron chi connectivity index (χ3n) is 2.55. The average molecular weight is 304 g/mol. The number of nitrogens with zero attached hydrogens (tertiary/aromatic N) is 1. The summed E-state index contributed by atoms with van der Waals surface area (Å²) < 4.78 is 0. The topological polar surface area (TPSA) is 65.5 Å². The van der Waals surface area contributed by atoms with E-state index in [4.69, 9.17) is 0 Å². The molecule has 112 valence electrons. The van der Waals surface area contributed by atoms with Crippen molar-refractivity contribution in [3.05, 3.63) is 35.2 Å². The van der Waals surface area contributed by atoms with Gasteiger partial charge in [0, 0.05) is 23.6 Å². The number of hydrogen-bond donors (Lipinski definition) is 3. The minimum Gasteiger partial charge on any atom is -0.326 e. The highest BCUT2D eigenvalue weighted by Crippen LogP contribution is 2.22. The number of nitrogens with one attached hydrogen (secondary N) is 3. The summed E-state index contributed by atoms with van der Waals surface area (Å²) in [6, 6.07) is 7.67. The summed E-state index contributed by atoms with van der Waals surface area (Å²) in [5, 5.41) is 5.62. The van der Waals surface area contributed by atoms with Crippen LogP contribution in [0.2, 0.25) is 0 Å². The summed E-state index contributed by atoms with van der Waals surface area (Å²) in [5.74, 6) is -0.0713. The molecule has 5 nitrogen and oxygen atoms in total. The lowest BCUT2D eigenvalue weighted by Crippen LogP contribution is -2.38. The second kappa shape index (κ2) is 6.22. The van der Waals surface area contributed by atoms with Gasteiger partial charge in [-0.2, -0.15) is 0 Å². The van der Waals surface area contributed by atoms with Crippen LogP contribution in [0.15, 0.2) is 34.7 Å².